The van der Waals surface area contributed by atoms with Crippen LogP contribution in [0.25, 0.3) is 5.76 Å². The zero-order valence-electron chi connectivity index (χ0n) is 16.5. The van der Waals surface area contributed by atoms with Crippen molar-refractivity contribution in [3.63, 3.8) is 0 Å². The highest BCUT2D eigenvalue weighted by Gasteiger charge is 2.48. The van der Waals surface area contributed by atoms with E-state index in [-0.39, 0.29) is 17.3 Å². The summed E-state index contributed by atoms with van der Waals surface area (Å²) in [5, 5.41) is 11.5. The van der Waals surface area contributed by atoms with Crippen molar-refractivity contribution < 1.29 is 19.4 Å². The number of hydrogen-bond acceptors (Lipinski definition) is 6. The predicted molar refractivity (Wildman–Crippen MR) is 116 cm³/mol. The Balaban J connectivity index is 1.89. The van der Waals surface area contributed by atoms with Crippen molar-refractivity contribution in [3.05, 3.63) is 88.7 Å². The molecule has 1 atom stereocenters. The third-order valence-corrected chi connectivity index (χ3v) is 5.05. The minimum absolute atomic E-state index is 0.0559. The van der Waals surface area contributed by atoms with Gasteiger partial charge in [-0.25, -0.2) is 9.97 Å². The first kappa shape index (κ1) is 20.6. The summed E-state index contributed by atoms with van der Waals surface area (Å²) >= 11 is 6.17. The first-order valence-corrected chi connectivity index (χ1v) is 9.95. The summed E-state index contributed by atoms with van der Waals surface area (Å²) < 4.78 is 5.42. The number of anilines is 1. The number of nitrogens with zero attached hydrogens (tertiary/aromatic N) is 3. The lowest BCUT2D eigenvalue weighted by molar-refractivity contribution is -0.132. The van der Waals surface area contributed by atoms with Crippen LogP contribution in [0.4, 0.5) is 5.95 Å². The van der Waals surface area contributed by atoms with Crippen LogP contribution in [-0.4, -0.2) is 33.4 Å². The van der Waals surface area contributed by atoms with Crippen molar-refractivity contribution in [3.8, 4) is 5.75 Å². The van der Waals surface area contributed by atoms with Gasteiger partial charge in [0.1, 0.15) is 11.5 Å². The molecule has 1 aliphatic rings. The van der Waals surface area contributed by atoms with Crippen LogP contribution >= 0.6 is 11.6 Å². The first-order chi connectivity index (χ1) is 15.0. The van der Waals surface area contributed by atoms with Gasteiger partial charge >= 0.3 is 5.91 Å². The van der Waals surface area contributed by atoms with Crippen molar-refractivity contribution >= 4 is 35.0 Å². The first-order valence-electron chi connectivity index (χ1n) is 9.58. The van der Waals surface area contributed by atoms with Crippen LogP contribution in [0.1, 0.15) is 24.1 Å². The summed E-state index contributed by atoms with van der Waals surface area (Å²) in [5.41, 5.74) is 0.859. The zero-order chi connectivity index (χ0) is 22.0. The van der Waals surface area contributed by atoms with Crippen LogP contribution in [0.3, 0.4) is 0 Å². The van der Waals surface area contributed by atoms with Crippen LogP contribution in [0.2, 0.25) is 5.02 Å². The van der Waals surface area contributed by atoms with Gasteiger partial charge in [0.15, 0.2) is 0 Å². The normalized spacial score (nSPS) is 17.7. The molecule has 1 N–H and O–H groups in total. The van der Waals surface area contributed by atoms with Gasteiger partial charge in [-0.15, -0.1) is 0 Å². The molecule has 0 spiro atoms. The molecule has 8 heteroatoms. The molecule has 1 fully saturated rings. The molecule has 1 unspecified atom stereocenters. The fourth-order valence-electron chi connectivity index (χ4n) is 3.48. The highest BCUT2D eigenvalue weighted by molar-refractivity contribution is 6.51. The van der Waals surface area contributed by atoms with E-state index in [2.05, 4.69) is 9.97 Å². The highest BCUT2D eigenvalue weighted by Crippen LogP contribution is 2.41. The quantitative estimate of drug-likeness (QED) is 0.367. The van der Waals surface area contributed by atoms with Crippen LogP contribution in [-0.2, 0) is 9.59 Å². The van der Waals surface area contributed by atoms with Crippen molar-refractivity contribution in [1.29, 1.82) is 0 Å². The number of aromatic nitrogens is 2. The van der Waals surface area contributed by atoms with E-state index in [1.165, 1.54) is 17.3 Å². The van der Waals surface area contributed by atoms with Crippen LogP contribution in [0.15, 0.2) is 72.6 Å². The van der Waals surface area contributed by atoms with E-state index in [1.807, 2.05) is 6.92 Å². The topological polar surface area (TPSA) is 92.6 Å². The average molecular weight is 436 g/mol. The molecule has 1 aliphatic heterocycles. The molecule has 0 aliphatic carbocycles. The molecule has 1 saturated heterocycles. The van der Waals surface area contributed by atoms with Crippen LogP contribution in [0.5, 0.6) is 5.75 Å². The average Bonchev–Trinajstić information content (AvgIpc) is 3.05. The molecule has 0 bridgehead atoms. The van der Waals surface area contributed by atoms with E-state index in [0.29, 0.717) is 28.5 Å². The lowest BCUT2D eigenvalue weighted by atomic mass is 9.95. The summed E-state index contributed by atoms with van der Waals surface area (Å²) in [7, 11) is 0. The van der Waals surface area contributed by atoms with E-state index >= 15 is 0 Å². The van der Waals surface area contributed by atoms with Gasteiger partial charge in [-0.05, 0) is 55.0 Å². The molecule has 4 rings (SSSR count). The molecule has 1 amide bonds. The fraction of sp³-hybridized carbons (Fsp3) is 0.130. The number of carbonyl (C=O) groups is 2. The number of aliphatic hydroxyl groups excluding tert-OH is 1. The maximum atomic E-state index is 13.0. The number of ketones is 1. The van der Waals surface area contributed by atoms with E-state index < -0.39 is 17.7 Å². The van der Waals surface area contributed by atoms with Crippen molar-refractivity contribution in [1.82, 2.24) is 9.97 Å². The fourth-order valence-corrected chi connectivity index (χ4v) is 3.68. The third-order valence-electron chi connectivity index (χ3n) is 4.82. The predicted octanol–water partition coefficient (Wildman–Crippen LogP) is 4.16. The Bertz CT molecular complexity index is 1160. The largest absolute Gasteiger partial charge is 0.507 e. The van der Waals surface area contributed by atoms with E-state index in [0.717, 1.165) is 0 Å². The lowest BCUT2D eigenvalue weighted by Crippen LogP contribution is -2.31. The summed E-state index contributed by atoms with van der Waals surface area (Å²) in [5.74, 6) is -1.28. The molecule has 31 heavy (non-hydrogen) atoms. The highest BCUT2D eigenvalue weighted by atomic mass is 35.5. The lowest BCUT2D eigenvalue weighted by Gasteiger charge is -2.23. The maximum Gasteiger partial charge on any atom is 0.302 e. The second-order valence-electron chi connectivity index (χ2n) is 6.73. The smallest absolute Gasteiger partial charge is 0.302 e. The molecule has 3 aromatic rings. The van der Waals surface area contributed by atoms with Gasteiger partial charge in [-0.3, -0.25) is 14.5 Å². The molecule has 156 valence electrons. The van der Waals surface area contributed by atoms with E-state index in [4.69, 9.17) is 16.3 Å². The van der Waals surface area contributed by atoms with Gasteiger partial charge in [-0.1, -0.05) is 23.7 Å². The Kier molecular flexibility index (Phi) is 5.68. The number of hydrogen-bond donors (Lipinski definition) is 1. The number of Topliss-reactive ketones (excluding diaryl/α,β-unsaturated/α-hetero) is 1. The SMILES string of the molecule is CCOc1ccc(C(O)=C2C(=O)C(=O)N(c3ncccn3)C2c2cccc(Cl)c2)cc1. The van der Waals surface area contributed by atoms with Gasteiger partial charge in [0.2, 0.25) is 5.95 Å². The number of carbonyl (C=O) groups excluding carboxylic acids is 2. The Labute approximate surface area is 183 Å². The Hall–Kier alpha value is -3.71. The number of aliphatic hydroxyl groups is 1. The Morgan fingerprint density at radius 1 is 1.10 bits per heavy atom. The Morgan fingerprint density at radius 2 is 1.81 bits per heavy atom. The minimum atomic E-state index is -0.937. The van der Waals surface area contributed by atoms with Crippen LogP contribution in [0, 0.1) is 0 Å². The van der Waals surface area contributed by atoms with Crippen molar-refractivity contribution in [2.75, 3.05) is 11.5 Å². The summed E-state index contributed by atoms with van der Waals surface area (Å²) in [6.07, 6.45) is 2.95. The standard InChI is InChI=1S/C23H18ClN3O4/c1-2-31-17-9-7-14(8-10-17)20(28)18-19(15-5-3-6-16(24)13-15)27(22(30)21(18)29)23-25-11-4-12-26-23/h3-13,19,28H,2H2,1H3. The molecule has 0 saturated carbocycles. The van der Waals surface area contributed by atoms with E-state index in [9.17, 15) is 14.7 Å². The van der Waals surface area contributed by atoms with Crippen LogP contribution < -0.4 is 9.64 Å². The summed E-state index contributed by atoms with van der Waals surface area (Å²) in [6, 6.07) is 14.0. The second kappa shape index (κ2) is 8.57. The minimum Gasteiger partial charge on any atom is -0.507 e. The van der Waals surface area contributed by atoms with Gasteiger partial charge in [0, 0.05) is 23.0 Å². The van der Waals surface area contributed by atoms with Crippen molar-refractivity contribution in [2.45, 2.75) is 13.0 Å². The number of amides is 1. The molecule has 2 heterocycles. The molecule has 1 aromatic heterocycles. The monoisotopic (exact) mass is 435 g/mol. The maximum absolute atomic E-state index is 13.0. The third kappa shape index (κ3) is 3.87. The molecule has 7 nitrogen and oxygen atoms in total. The van der Waals surface area contributed by atoms with Gasteiger partial charge in [0.25, 0.3) is 5.78 Å². The number of benzene rings is 2. The molecule has 2 aromatic carbocycles. The van der Waals surface area contributed by atoms with Crippen molar-refractivity contribution in [2.24, 2.45) is 0 Å². The number of rotatable bonds is 5. The summed E-state index contributed by atoms with van der Waals surface area (Å²) in [4.78, 5) is 35.4. The number of ether oxygens (including phenoxy) is 1. The van der Waals surface area contributed by atoms with Gasteiger partial charge in [0.05, 0.1) is 18.2 Å². The second-order valence-corrected chi connectivity index (χ2v) is 7.17. The zero-order valence-corrected chi connectivity index (χ0v) is 17.3. The van der Waals surface area contributed by atoms with Gasteiger partial charge in [-0.2, -0.15) is 0 Å². The van der Waals surface area contributed by atoms with Gasteiger partial charge < -0.3 is 9.84 Å². The number of halogens is 1. The van der Waals surface area contributed by atoms with E-state index in [1.54, 1.807) is 54.6 Å². The summed E-state index contributed by atoms with van der Waals surface area (Å²) in [6.45, 7) is 2.37. The Morgan fingerprint density at radius 3 is 2.45 bits per heavy atom. The molecule has 0 radical (unpaired) electrons. The molecular weight excluding hydrogens is 418 g/mol. The molecular formula is C23H18ClN3O4.